The summed E-state index contributed by atoms with van der Waals surface area (Å²) in [6.07, 6.45) is 6.61. The Hall–Kier alpha value is -1.94. The van der Waals surface area contributed by atoms with Crippen molar-refractivity contribution in [3.05, 3.63) is 47.0 Å². The molecule has 1 heterocycles. The number of halogens is 1. The fourth-order valence-corrected chi connectivity index (χ4v) is 3.80. The van der Waals surface area contributed by atoms with E-state index in [1.165, 1.54) is 6.21 Å². The van der Waals surface area contributed by atoms with Crippen LogP contribution in [0, 0.1) is 23.7 Å². The maximum absolute atomic E-state index is 12.4. The molecule has 1 aromatic carbocycles. The van der Waals surface area contributed by atoms with Crippen molar-refractivity contribution < 1.29 is 9.59 Å². The predicted octanol–water partition coefficient (Wildman–Crippen LogP) is 2.48. The first-order valence-electron chi connectivity index (χ1n) is 7.01. The third kappa shape index (κ3) is 1.86. The number of hydrazone groups is 1. The second-order valence-corrected chi connectivity index (χ2v) is 6.22. The number of hydrogen-bond acceptors (Lipinski definition) is 3. The van der Waals surface area contributed by atoms with Crippen LogP contribution in [-0.2, 0) is 9.59 Å². The molecule has 0 spiro atoms. The molecule has 1 saturated heterocycles. The van der Waals surface area contributed by atoms with Gasteiger partial charge in [-0.05, 0) is 36.0 Å². The number of amides is 2. The summed E-state index contributed by atoms with van der Waals surface area (Å²) in [4.78, 5) is 24.8. The number of rotatable bonds is 2. The lowest BCUT2D eigenvalue weighted by Crippen LogP contribution is -2.28. The van der Waals surface area contributed by atoms with Crippen LogP contribution in [0.5, 0.6) is 0 Å². The Kier molecular flexibility index (Phi) is 2.76. The summed E-state index contributed by atoms with van der Waals surface area (Å²) in [7, 11) is 0. The van der Waals surface area contributed by atoms with Crippen molar-refractivity contribution in [2.75, 3.05) is 0 Å². The molecule has 2 bridgehead atoms. The Morgan fingerprint density at radius 2 is 1.62 bits per heavy atom. The van der Waals surface area contributed by atoms with Gasteiger partial charge in [0.15, 0.2) is 0 Å². The van der Waals surface area contributed by atoms with Gasteiger partial charge in [-0.2, -0.15) is 10.1 Å². The van der Waals surface area contributed by atoms with Gasteiger partial charge in [-0.1, -0.05) is 35.9 Å². The Morgan fingerprint density at radius 1 is 1.05 bits per heavy atom. The maximum Gasteiger partial charge on any atom is 0.254 e. The van der Waals surface area contributed by atoms with Gasteiger partial charge in [0.2, 0.25) is 0 Å². The topological polar surface area (TPSA) is 49.7 Å². The third-order valence-electron chi connectivity index (χ3n) is 4.64. The van der Waals surface area contributed by atoms with E-state index in [2.05, 4.69) is 17.3 Å². The van der Waals surface area contributed by atoms with Crippen LogP contribution in [0.2, 0.25) is 5.02 Å². The molecule has 1 aromatic rings. The standard InChI is InChI=1S/C16H13ClN2O2/c17-12-5-1-9(2-6-12)8-18-19-15(20)13-10-3-4-11(7-10)14(13)16(19)21/h1-6,8,10-11,13-14H,7H2/b18-8-/t10-,11-,13-,14-/m0/s1. The summed E-state index contributed by atoms with van der Waals surface area (Å²) in [5.74, 6) is -0.289. The Bertz CT molecular complexity index is 650. The third-order valence-corrected chi connectivity index (χ3v) is 4.89. The Morgan fingerprint density at radius 3 is 2.19 bits per heavy atom. The quantitative estimate of drug-likeness (QED) is 0.479. The van der Waals surface area contributed by atoms with Crippen LogP contribution in [0.1, 0.15) is 12.0 Å². The largest absolute Gasteiger partial charge is 0.272 e. The zero-order valence-electron chi connectivity index (χ0n) is 11.1. The fourth-order valence-electron chi connectivity index (χ4n) is 3.67. The molecule has 1 saturated carbocycles. The lowest BCUT2D eigenvalue weighted by Gasteiger charge is -2.13. The molecular formula is C16H13ClN2O2. The van der Waals surface area contributed by atoms with E-state index in [0.29, 0.717) is 5.02 Å². The highest BCUT2D eigenvalue weighted by molar-refractivity contribution is 6.30. The first-order chi connectivity index (χ1) is 10.1. The van der Waals surface area contributed by atoms with Crippen molar-refractivity contribution in [2.24, 2.45) is 28.8 Å². The highest BCUT2D eigenvalue weighted by atomic mass is 35.5. The van der Waals surface area contributed by atoms with E-state index in [4.69, 9.17) is 11.6 Å². The van der Waals surface area contributed by atoms with Crippen LogP contribution < -0.4 is 0 Å². The minimum absolute atomic E-state index is 0.160. The molecule has 0 radical (unpaired) electrons. The summed E-state index contributed by atoms with van der Waals surface area (Å²) in [5.41, 5.74) is 0.804. The van der Waals surface area contributed by atoms with E-state index >= 15 is 0 Å². The Balaban J connectivity index is 1.58. The summed E-state index contributed by atoms with van der Waals surface area (Å²) in [6, 6.07) is 7.08. The van der Waals surface area contributed by atoms with Gasteiger partial charge >= 0.3 is 0 Å². The van der Waals surface area contributed by atoms with Gasteiger partial charge in [-0.3, -0.25) is 9.59 Å². The molecular weight excluding hydrogens is 288 g/mol. The van der Waals surface area contributed by atoms with Gasteiger partial charge in [0.25, 0.3) is 11.8 Å². The minimum Gasteiger partial charge on any atom is -0.272 e. The van der Waals surface area contributed by atoms with Gasteiger partial charge in [0.1, 0.15) is 0 Å². The van der Waals surface area contributed by atoms with Crippen LogP contribution in [0.15, 0.2) is 41.5 Å². The number of carbonyl (C=O) groups excluding carboxylic acids is 2. The van der Waals surface area contributed by atoms with Crippen LogP contribution in [0.3, 0.4) is 0 Å². The van der Waals surface area contributed by atoms with Crippen molar-refractivity contribution in [2.45, 2.75) is 6.42 Å². The van der Waals surface area contributed by atoms with Gasteiger partial charge in [0, 0.05) is 5.02 Å². The zero-order chi connectivity index (χ0) is 14.6. The molecule has 0 aromatic heterocycles. The van der Waals surface area contributed by atoms with Gasteiger partial charge < -0.3 is 0 Å². The van der Waals surface area contributed by atoms with Gasteiger partial charge in [-0.15, -0.1) is 0 Å². The molecule has 21 heavy (non-hydrogen) atoms. The van der Waals surface area contributed by atoms with E-state index in [0.717, 1.165) is 17.0 Å². The van der Waals surface area contributed by atoms with Crippen LogP contribution in [-0.4, -0.2) is 23.0 Å². The highest BCUT2D eigenvalue weighted by Crippen LogP contribution is 2.52. The summed E-state index contributed by atoms with van der Waals surface area (Å²) in [6.45, 7) is 0. The van der Waals surface area contributed by atoms with Crippen molar-refractivity contribution >= 4 is 29.6 Å². The molecule has 4 nitrogen and oxygen atoms in total. The molecule has 2 fully saturated rings. The van der Waals surface area contributed by atoms with E-state index in [1.54, 1.807) is 24.3 Å². The van der Waals surface area contributed by atoms with Crippen LogP contribution in [0.25, 0.3) is 0 Å². The number of fused-ring (bicyclic) bond motifs is 5. The normalized spacial score (nSPS) is 33.5. The number of carbonyl (C=O) groups is 2. The number of benzene rings is 1. The van der Waals surface area contributed by atoms with Crippen molar-refractivity contribution in [3.8, 4) is 0 Å². The molecule has 2 aliphatic carbocycles. The predicted molar refractivity (Wildman–Crippen MR) is 78.6 cm³/mol. The zero-order valence-corrected chi connectivity index (χ0v) is 11.9. The molecule has 1 aliphatic heterocycles. The molecule has 4 rings (SSSR count). The average molecular weight is 301 g/mol. The molecule has 4 atom stereocenters. The first kappa shape index (κ1) is 12.8. The smallest absolute Gasteiger partial charge is 0.254 e. The summed E-state index contributed by atoms with van der Waals surface area (Å²) >= 11 is 5.82. The lowest BCUT2D eigenvalue weighted by molar-refractivity contribution is -0.140. The molecule has 0 unspecified atom stereocenters. The Labute approximate surface area is 127 Å². The molecule has 0 N–H and O–H groups in total. The van der Waals surface area contributed by atoms with E-state index in [9.17, 15) is 9.59 Å². The SMILES string of the molecule is O=C1[C@@H]2[C@@H](C(=O)N1/N=C\c1ccc(Cl)cc1)[C@H]1C=C[C@H]2C1. The first-order valence-corrected chi connectivity index (χ1v) is 7.38. The minimum atomic E-state index is -0.199. The molecule has 5 heteroatoms. The summed E-state index contributed by atoms with van der Waals surface area (Å²) in [5, 5.41) is 5.79. The van der Waals surface area contributed by atoms with Crippen molar-refractivity contribution in [1.29, 1.82) is 0 Å². The highest BCUT2D eigenvalue weighted by Gasteiger charge is 2.59. The molecule has 2 amide bonds. The van der Waals surface area contributed by atoms with Crippen molar-refractivity contribution in [1.82, 2.24) is 5.01 Å². The van der Waals surface area contributed by atoms with Crippen LogP contribution >= 0.6 is 11.6 Å². The van der Waals surface area contributed by atoms with Gasteiger partial charge in [0.05, 0.1) is 18.1 Å². The number of nitrogens with zero attached hydrogens (tertiary/aromatic N) is 2. The van der Waals surface area contributed by atoms with E-state index < -0.39 is 0 Å². The second kappa shape index (κ2) is 4.53. The monoisotopic (exact) mass is 300 g/mol. The van der Waals surface area contributed by atoms with Crippen LogP contribution in [0.4, 0.5) is 0 Å². The maximum atomic E-state index is 12.4. The fraction of sp³-hybridized carbons (Fsp3) is 0.312. The van der Waals surface area contributed by atoms with Gasteiger partial charge in [-0.25, -0.2) is 0 Å². The number of imide groups is 1. The summed E-state index contributed by atoms with van der Waals surface area (Å²) < 4.78 is 0. The number of allylic oxidation sites excluding steroid dienone is 2. The molecule has 3 aliphatic rings. The number of hydrogen-bond donors (Lipinski definition) is 0. The molecule has 106 valence electrons. The lowest BCUT2D eigenvalue weighted by atomic mass is 9.85. The second-order valence-electron chi connectivity index (χ2n) is 5.78. The van der Waals surface area contributed by atoms with E-state index in [-0.39, 0.29) is 35.5 Å². The average Bonchev–Trinajstić information content (AvgIpc) is 3.14. The van der Waals surface area contributed by atoms with E-state index in [1.807, 2.05) is 0 Å². The van der Waals surface area contributed by atoms with Crippen molar-refractivity contribution in [3.63, 3.8) is 0 Å².